The third-order valence-corrected chi connectivity index (χ3v) is 2.76. The Bertz CT molecular complexity index is 591. The van der Waals surface area contributed by atoms with Crippen LogP contribution in [0.1, 0.15) is 11.1 Å². The van der Waals surface area contributed by atoms with Crippen LogP contribution in [-0.2, 0) is 20.7 Å². The zero-order valence-electron chi connectivity index (χ0n) is 12.6. The Morgan fingerprint density at radius 2 is 1.50 bits per heavy atom. The smallest absolute Gasteiger partial charge is 0.309 e. The van der Waals surface area contributed by atoms with Gasteiger partial charge in [0.05, 0.1) is 13.5 Å². The largest absolute Gasteiger partial charge is 0.469 e. The van der Waals surface area contributed by atoms with E-state index in [0.29, 0.717) is 0 Å². The molecule has 2 N–H and O–H groups in total. The van der Waals surface area contributed by atoms with Crippen molar-refractivity contribution < 1.29 is 19.1 Å². The molecule has 0 aliphatic rings. The average Bonchev–Trinajstić information content (AvgIpc) is 2.52. The van der Waals surface area contributed by atoms with E-state index in [1.54, 1.807) is 0 Å². The van der Waals surface area contributed by atoms with Crippen molar-refractivity contribution in [2.45, 2.75) is 13.3 Å². The first-order valence-electron chi connectivity index (χ1n) is 6.64. The molecule has 0 fully saturated rings. The summed E-state index contributed by atoms with van der Waals surface area (Å²) < 4.78 is 10.3. The minimum Gasteiger partial charge on any atom is -0.469 e. The topological polar surface area (TPSA) is 78.6 Å². The number of amides is 1. The number of hydrogen-bond donors (Lipinski definition) is 1. The van der Waals surface area contributed by atoms with E-state index in [1.165, 1.54) is 12.7 Å². The Morgan fingerprint density at radius 3 is 1.95 bits per heavy atom. The molecular formula is C17H19NO4. The summed E-state index contributed by atoms with van der Waals surface area (Å²) >= 11 is 0. The van der Waals surface area contributed by atoms with E-state index in [0.717, 1.165) is 17.1 Å². The highest BCUT2D eigenvalue weighted by molar-refractivity contribution is 5.72. The molecule has 5 nitrogen and oxygen atoms in total. The molecule has 22 heavy (non-hydrogen) atoms. The summed E-state index contributed by atoms with van der Waals surface area (Å²) in [6.45, 7) is 2.03. The molecule has 1 amide bonds. The summed E-state index contributed by atoms with van der Waals surface area (Å²) in [7, 11) is 1.39. The minimum absolute atomic E-state index is 0.243. The summed E-state index contributed by atoms with van der Waals surface area (Å²) in [5.41, 5.74) is 6.27. The van der Waals surface area contributed by atoms with Crippen LogP contribution in [0.4, 0.5) is 0 Å². The van der Waals surface area contributed by atoms with Crippen LogP contribution in [-0.4, -0.2) is 19.5 Å². The zero-order valence-corrected chi connectivity index (χ0v) is 12.6. The normalized spacial score (nSPS) is 9.18. The third kappa shape index (κ3) is 6.09. The number of ether oxygens (including phenoxy) is 2. The van der Waals surface area contributed by atoms with Gasteiger partial charge in [-0.1, -0.05) is 29.8 Å². The maximum Gasteiger partial charge on any atom is 0.309 e. The van der Waals surface area contributed by atoms with Crippen molar-refractivity contribution in [1.29, 1.82) is 0 Å². The van der Waals surface area contributed by atoms with Crippen LogP contribution in [0.2, 0.25) is 0 Å². The lowest BCUT2D eigenvalue weighted by Crippen LogP contribution is -2.04. The Balaban J connectivity index is 0.000000745. The number of carbonyl (C=O) groups is 2. The van der Waals surface area contributed by atoms with Crippen LogP contribution in [0.25, 0.3) is 0 Å². The fourth-order valence-electron chi connectivity index (χ4n) is 1.66. The van der Waals surface area contributed by atoms with Gasteiger partial charge < -0.3 is 15.2 Å². The molecule has 0 atom stereocenters. The van der Waals surface area contributed by atoms with Gasteiger partial charge in [-0.05, 0) is 36.8 Å². The van der Waals surface area contributed by atoms with Crippen LogP contribution in [0, 0.1) is 6.92 Å². The van der Waals surface area contributed by atoms with Crippen molar-refractivity contribution in [2.24, 2.45) is 5.73 Å². The summed E-state index contributed by atoms with van der Waals surface area (Å²) in [4.78, 5) is 19.7. The SMILES string of the molecule is COC(=O)Cc1ccc(Oc2ccc(C)cc2)cc1.NC=O. The van der Waals surface area contributed by atoms with Crippen molar-refractivity contribution in [3.63, 3.8) is 0 Å². The summed E-state index contributed by atoms with van der Waals surface area (Å²) in [6.07, 6.45) is 0.529. The maximum atomic E-state index is 11.1. The Hall–Kier alpha value is -2.82. The van der Waals surface area contributed by atoms with Crippen molar-refractivity contribution in [3.05, 3.63) is 59.7 Å². The van der Waals surface area contributed by atoms with E-state index in [9.17, 15) is 4.79 Å². The predicted octanol–water partition coefficient (Wildman–Crippen LogP) is 2.60. The highest BCUT2D eigenvalue weighted by Crippen LogP contribution is 2.22. The van der Waals surface area contributed by atoms with Crippen molar-refractivity contribution in [2.75, 3.05) is 7.11 Å². The Morgan fingerprint density at radius 1 is 1.05 bits per heavy atom. The molecule has 0 aliphatic carbocycles. The molecule has 2 aromatic rings. The van der Waals surface area contributed by atoms with Crippen LogP contribution in [0.5, 0.6) is 11.5 Å². The lowest BCUT2D eigenvalue weighted by atomic mass is 10.1. The molecular weight excluding hydrogens is 282 g/mol. The van der Waals surface area contributed by atoms with Crippen LogP contribution in [0.15, 0.2) is 48.5 Å². The molecule has 2 rings (SSSR count). The predicted molar refractivity (Wildman–Crippen MR) is 83.7 cm³/mol. The molecule has 0 aliphatic heterocycles. The van der Waals surface area contributed by atoms with E-state index >= 15 is 0 Å². The number of carbonyl (C=O) groups excluding carboxylic acids is 2. The summed E-state index contributed by atoms with van der Waals surface area (Å²) in [5.74, 6) is 1.30. The number of esters is 1. The monoisotopic (exact) mass is 301 g/mol. The summed E-state index contributed by atoms with van der Waals surface area (Å²) in [6, 6.07) is 15.3. The fraction of sp³-hybridized carbons (Fsp3) is 0.176. The van der Waals surface area contributed by atoms with E-state index in [-0.39, 0.29) is 18.8 Å². The molecule has 116 valence electrons. The lowest BCUT2D eigenvalue weighted by Gasteiger charge is -2.07. The van der Waals surface area contributed by atoms with Crippen molar-refractivity contribution in [3.8, 4) is 11.5 Å². The molecule has 2 aromatic carbocycles. The minimum atomic E-state index is -0.243. The van der Waals surface area contributed by atoms with Gasteiger partial charge in [0.1, 0.15) is 11.5 Å². The molecule has 0 unspecified atom stereocenters. The van der Waals surface area contributed by atoms with Gasteiger partial charge in [0.25, 0.3) is 0 Å². The first-order valence-corrected chi connectivity index (χ1v) is 6.64. The third-order valence-electron chi connectivity index (χ3n) is 2.76. The standard InChI is InChI=1S/C16H16O3.CH3NO/c1-12-3-7-14(8-4-12)19-15-9-5-13(6-10-15)11-16(17)18-2;2-1-3/h3-10H,11H2,1-2H3;1H,(H2,2,3). The van der Waals surface area contributed by atoms with Crippen molar-refractivity contribution >= 4 is 12.4 Å². The molecule has 0 saturated heterocycles. The van der Waals surface area contributed by atoms with Crippen LogP contribution < -0.4 is 10.5 Å². The van der Waals surface area contributed by atoms with E-state index in [4.69, 9.17) is 9.53 Å². The zero-order chi connectivity index (χ0) is 16.4. The second-order valence-electron chi connectivity index (χ2n) is 4.45. The maximum absolute atomic E-state index is 11.1. The van der Waals surface area contributed by atoms with Gasteiger partial charge in [-0.15, -0.1) is 0 Å². The number of benzene rings is 2. The fourth-order valence-corrected chi connectivity index (χ4v) is 1.66. The molecule has 0 aromatic heterocycles. The van der Waals surface area contributed by atoms with Gasteiger partial charge in [0, 0.05) is 0 Å². The number of methoxy groups -OCH3 is 1. The van der Waals surface area contributed by atoms with Gasteiger partial charge in [0.2, 0.25) is 6.41 Å². The molecule has 0 saturated carbocycles. The average molecular weight is 301 g/mol. The van der Waals surface area contributed by atoms with Crippen LogP contribution in [0.3, 0.4) is 0 Å². The molecule has 0 radical (unpaired) electrons. The highest BCUT2D eigenvalue weighted by atomic mass is 16.5. The Kier molecular flexibility index (Phi) is 7.19. The number of hydrogen-bond acceptors (Lipinski definition) is 4. The second kappa shape index (κ2) is 9.18. The first kappa shape index (κ1) is 17.2. The van der Waals surface area contributed by atoms with Gasteiger partial charge in [-0.3, -0.25) is 9.59 Å². The van der Waals surface area contributed by atoms with Gasteiger partial charge in [-0.25, -0.2) is 0 Å². The second-order valence-corrected chi connectivity index (χ2v) is 4.45. The highest BCUT2D eigenvalue weighted by Gasteiger charge is 2.03. The quantitative estimate of drug-likeness (QED) is 0.695. The van der Waals surface area contributed by atoms with E-state index in [1.807, 2.05) is 55.5 Å². The molecule has 0 spiro atoms. The van der Waals surface area contributed by atoms with Gasteiger partial charge >= 0.3 is 5.97 Å². The molecule has 5 heteroatoms. The number of nitrogens with two attached hydrogens (primary N) is 1. The number of primary amides is 1. The molecule has 0 bridgehead atoms. The first-order chi connectivity index (χ1) is 10.6. The number of aryl methyl sites for hydroxylation is 1. The van der Waals surface area contributed by atoms with Gasteiger partial charge in [-0.2, -0.15) is 0 Å². The van der Waals surface area contributed by atoms with Gasteiger partial charge in [0.15, 0.2) is 0 Å². The van der Waals surface area contributed by atoms with Crippen LogP contribution >= 0.6 is 0 Å². The Labute approximate surface area is 129 Å². The van der Waals surface area contributed by atoms with E-state index in [2.05, 4.69) is 10.5 Å². The molecule has 0 heterocycles. The van der Waals surface area contributed by atoms with Crippen molar-refractivity contribution in [1.82, 2.24) is 0 Å². The number of rotatable bonds is 4. The summed E-state index contributed by atoms with van der Waals surface area (Å²) in [5, 5.41) is 0. The lowest BCUT2D eigenvalue weighted by molar-refractivity contribution is -0.139. The van der Waals surface area contributed by atoms with E-state index < -0.39 is 0 Å².